The summed E-state index contributed by atoms with van der Waals surface area (Å²) in [5.41, 5.74) is 3.66. The van der Waals surface area contributed by atoms with E-state index >= 15 is 0 Å². The molecule has 1 aliphatic heterocycles. The molecule has 2 unspecified atom stereocenters. The fourth-order valence-corrected chi connectivity index (χ4v) is 7.33. The molecular weight excluding hydrogens is 739 g/mol. The number of hydrogen-bond donors (Lipinski definition) is 1. The van der Waals surface area contributed by atoms with E-state index in [4.69, 9.17) is 34.7 Å². The molecule has 0 bridgehead atoms. The first-order chi connectivity index (χ1) is 25.6. The summed E-state index contributed by atoms with van der Waals surface area (Å²) >= 11 is 6.04. The van der Waals surface area contributed by atoms with Crippen LogP contribution >= 0.6 is 18.1 Å². The average Bonchev–Trinajstić information content (AvgIpc) is 3.63. The quantitative estimate of drug-likeness (QED) is 0.105. The Kier molecular flexibility index (Phi) is 12.0. The van der Waals surface area contributed by atoms with E-state index < -0.39 is 42.7 Å². The van der Waals surface area contributed by atoms with Gasteiger partial charge in [0.05, 0.1) is 19.3 Å². The molecule has 15 nitrogen and oxygen atoms in total. The third-order valence-electron chi connectivity index (χ3n) is 9.06. The second-order valence-electron chi connectivity index (χ2n) is 14.5. The molecule has 4 aromatic rings. The smallest absolute Gasteiger partial charge is 0.420 e. The van der Waals surface area contributed by atoms with Gasteiger partial charge >= 0.3 is 24.7 Å². The Hall–Kier alpha value is -4.08. The van der Waals surface area contributed by atoms with Gasteiger partial charge in [-0.05, 0) is 81.5 Å². The van der Waals surface area contributed by atoms with Gasteiger partial charge < -0.3 is 23.5 Å². The van der Waals surface area contributed by atoms with Crippen LogP contribution in [0.4, 0.5) is 9.59 Å². The first-order valence-electron chi connectivity index (χ1n) is 17.6. The number of nitrogens with zero attached hydrogens (tertiary/aromatic N) is 5. The number of likely N-dealkylation sites (N-methyl/N-ethyl adjacent to an activating group) is 1. The van der Waals surface area contributed by atoms with Crippen LogP contribution < -0.4 is 11.0 Å². The molecule has 17 heteroatoms. The average molecular weight is 785 g/mol. The van der Waals surface area contributed by atoms with E-state index in [1.165, 1.54) is 13.8 Å². The molecule has 1 amide bonds. The number of aromatic nitrogens is 3. The van der Waals surface area contributed by atoms with E-state index in [0.29, 0.717) is 24.2 Å². The zero-order valence-electron chi connectivity index (χ0n) is 31.2. The molecule has 2 aromatic heterocycles. The van der Waals surface area contributed by atoms with Crippen LogP contribution in [-0.2, 0) is 34.5 Å². The topological polar surface area (TPSA) is 156 Å². The van der Waals surface area contributed by atoms with Gasteiger partial charge in [-0.25, -0.2) is 23.6 Å². The summed E-state index contributed by atoms with van der Waals surface area (Å²) < 4.78 is 45.1. The summed E-state index contributed by atoms with van der Waals surface area (Å²) in [6.07, 6.45) is -0.798. The van der Waals surface area contributed by atoms with E-state index in [2.05, 4.69) is 34.6 Å². The highest BCUT2D eigenvalue weighted by molar-refractivity contribution is 7.83. The van der Waals surface area contributed by atoms with Gasteiger partial charge in [-0.1, -0.05) is 48.5 Å². The van der Waals surface area contributed by atoms with Gasteiger partial charge in [0.2, 0.25) is 0 Å². The molecule has 0 spiro atoms. The highest BCUT2D eigenvalue weighted by Gasteiger charge is 2.33. The molecule has 2 aromatic carbocycles. The predicted molar refractivity (Wildman–Crippen MR) is 203 cm³/mol. The second kappa shape index (κ2) is 16.3. The van der Waals surface area contributed by atoms with E-state index in [0.717, 1.165) is 22.3 Å². The van der Waals surface area contributed by atoms with Crippen LogP contribution in [0.2, 0.25) is 0 Å². The number of ether oxygens (including phenoxy) is 4. The van der Waals surface area contributed by atoms with Gasteiger partial charge in [0.15, 0.2) is 11.9 Å². The number of fused-ring (bicyclic) bond motifs is 4. The molecule has 3 heterocycles. The van der Waals surface area contributed by atoms with Crippen LogP contribution in [0.3, 0.4) is 0 Å². The van der Waals surface area contributed by atoms with Crippen molar-refractivity contribution in [1.82, 2.24) is 29.0 Å². The monoisotopic (exact) mass is 784 g/mol. The minimum atomic E-state index is -3.52. The highest BCUT2D eigenvalue weighted by Crippen LogP contribution is 2.54. The fraction of sp³-hybridized carbons (Fsp3) is 0.459. The molecule has 290 valence electrons. The van der Waals surface area contributed by atoms with E-state index in [-0.39, 0.29) is 44.5 Å². The van der Waals surface area contributed by atoms with Crippen molar-refractivity contribution in [2.75, 3.05) is 60.8 Å². The molecule has 3 atom stereocenters. The summed E-state index contributed by atoms with van der Waals surface area (Å²) in [7, 11) is 4.98. The summed E-state index contributed by atoms with van der Waals surface area (Å²) in [6, 6.07) is 17.9. The van der Waals surface area contributed by atoms with Crippen LogP contribution in [0.15, 0.2) is 65.6 Å². The Morgan fingerprint density at radius 2 is 1.72 bits per heavy atom. The van der Waals surface area contributed by atoms with Crippen molar-refractivity contribution in [2.24, 2.45) is 0 Å². The number of carbonyl (C=O) groups excluding carboxylic acids is 2. The van der Waals surface area contributed by atoms with Gasteiger partial charge in [-0.15, -0.1) is 0 Å². The fourth-order valence-electron chi connectivity index (χ4n) is 6.58. The number of benzene rings is 2. The number of rotatable bonds is 12. The predicted octanol–water partition coefficient (Wildman–Crippen LogP) is 5.79. The molecule has 0 radical (unpaired) electrons. The van der Waals surface area contributed by atoms with Crippen molar-refractivity contribution >= 4 is 41.3 Å². The zero-order valence-corrected chi connectivity index (χ0v) is 32.8. The van der Waals surface area contributed by atoms with Crippen molar-refractivity contribution in [3.05, 3.63) is 88.1 Å². The summed E-state index contributed by atoms with van der Waals surface area (Å²) in [5.74, 6) is -0.0684. The SMILES string of the molecule is CN1CC(n2cc3cc(CCOCNC(=O)OCC4c5ccccc5-c5ccccc54)n(C(=O)OC(C)(C)C)c3nc2=O)O[C@H](COP(=O)(Cl)N(C)C)C1. The number of alkyl carbamates (subject to hydrolysis) is 1. The van der Waals surface area contributed by atoms with Gasteiger partial charge in [0.25, 0.3) is 0 Å². The van der Waals surface area contributed by atoms with Crippen molar-refractivity contribution < 1.29 is 37.6 Å². The van der Waals surface area contributed by atoms with Gasteiger partial charge in [0, 0.05) is 42.7 Å². The van der Waals surface area contributed by atoms with E-state index in [1.54, 1.807) is 47.1 Å². The first-order valence-corrected chi connectivity index (χ1v) is 20.1. The molecule has 1 aliphatic carbocycles. The largest absolute Gasteiger partial charge is 0.449 e. The number of amides is 1. The first kappa shape index (κ1) is 39.6. The van der Waals surface area contributed by atoms with Crippen molar-refractivity contribution in [1.29, 1.82) is 0 Å². The maximum absolute atomic E-state index is 13.5. The van der Waals surface area contributed by atoms with Crippen molar-refractivity contribution in [2.45, 2.75) is 51.0 Å². The van der Waals surface area contributed by atoms with Crippen LogP contribution in [0.1, 0.15) is 49.7 Å². The minimum absolute atomic E-state index is 0.0560. The number of hydrogen-bond acceptors (Lipinski definition) is 11. The van der Waals surface area contributed by atoms with Crippen molar-refractivity contribution in [3.63, 3.8) is 0 Å². The van der Waals surface area contributed by atoms with Gasteiger partial charge in [-0.2, -0.15) is 4.98 Å². The Morgan fingerprint density at radius 3 is 2.37 bits per heavy atom. The Morgan fingerprint density at radius 1 is 1.06 bits per heavy atom. The molecule has 1 saturated heterocycles. The van der Waals surface area contributed by atoms with Crippen LogP contribution in [0, 0.1) is 0 Å². The molecule has 0 saturated carbocycles. The standard InChI is InChI=1S/C37H46ClN6O9P/c1-37(2,3)53-36(47)44-25(15-16-49-23-39-35(46)50-22-31-29-13-9-7-11-27(29)28-12-8-10-14-30(28)31)17-24-18-43(34(45)40-33(24)44)32-20-42(6)19-26(52-32)21-51-54(38,48)41(4)5/h7-14,17-18,26,31-32H,15-16,19-23H2,1-6H3,(H,39,46)/t26-,32?,54?/m0/s1. The summed E-state index contributed by atoms with van der Waals surface area (Å²) in [6.45, 7) is 2.64. The van der Waals surface area contributed by atoms with Crippen LogP contribution in [0.25, 0.3) is 22.2 Å². The lowest BCUT2D eigenvalue weighted by molar-refractivity contribution is -0.127. The lowest BCUT2D eigenvalue weighted by atomic mass is 9.98. The lowest BCUT2D eigenvalue weighted by Crippen LogP contribution is -2.47. The summed E-state index contributed by atoms with van der Waals surface area (Å²) in [4.78, 5) is 45.8. The number of carbonyl (C=O) groups is 2. The lowest BCUT2D eigenvalue weighted by Gasteiger charge is -2.36. The minimum Gasteiger partial charge on any atom is -0.449 e. The van der Waals surface area contributed by atoms with Gasteiger partial charge in [0.1, 0.15) is 18.9 Å². The normalized spacial score (nSPS) is 18.7. The molecule has 54 heavy (non-hydrogen) atoms. The maximum atomic E-state index is 13.5. The second-order valence-corrected chi connectivity index (χ2v) is 17.7. The van der Waals surface area contributed by atoms with Crippen molar-refractivity contribution in [3.8, 4) is 11.1 Å². The Labute approximate surface area is 318 Å². The molecule has 2 aliphatic rings. The molecular formula is C37H46ClN6O9P. The van der Waals surface area contributed by atoms with E-state index in [9.17, 15) is 18.9 Å². The maximum Gasteiger partial charge on any atom is 0.420 e. The Balaban J connectivity index is 1.10. The number of morpholine rings is 1. The van der Waals surface area contributed by atoms with Crippen LogP contribution in [-0.4, -0.2) is 108 Å². The highest BCUT2D eigenvalue weighted by atomic mass is 35.7. The Bertz CT molecular complexity index is 2070. The van der Waals surface area contributed by atoms with E-state index in [1.807, 2.05) is 36.2 Å². The molecule has 1 fully saturated rings. The third-order valence-corrected chi connectivity index (χ3v) is 11.7. The number of halogens is 1. The number of nitrogens with one attached hydrogen (secondary N) is 1. The summed E-state index contributed by atoms with van der Waals surface area (Å²) in [5, 5.41) is 3.12. The molecule has 6 rings (SSSR count). The zero-order chi connectivity index (χ0) is 38.8. The third kappa shape index (κ3) is 9.06. The van der Waals surface area contributed by atoms with Crippen LogP contribution in [0.5, 0.6) is 0 Å². The van der Waals surface area contributed by atoms with Gasteiger partial charge in [-0.3, -0.25) is 19.3 Å². The molecule has 1 N–H and O–H groups in total.